The molecule has 4 aromatic heterocycles. The lowest BCUT2D eigenvalue weighted by Crippen LogP contribution is -1.94. The van der Waals surface area contributed by atoms with E-state index < -0.39 is 0 Å². The first-order chi connectivity index (χ1) is 32.7. The fourth-order valence-electron chi connectivity index (χ4n) is 10.6. The van der Waals surface area contributed by atoms with Crippen molar-refractivity contribution in [2.75, 3.05) is 0 Å². The first-order valence-corrected chi connectivity index (χ1v) is 22.6. The van der Waals surface area contributed by atoms with Gasteiger partial charge in [0.15, 0.2) is 0 Å². The molecule has 4 nitrogen and oxygen atoms in total. The number of para-hydroxylation sites is 4. The number of nitrogens with zero attached hydrogens (tertiary/aromatic N) is 3. The van der Waals surface area contributed by atoms with Gasteiger partial charge in [-0.1, -0.05) is 140 Å². The highest BCUT2D eigenvalue weighted by atomic mass is 16.3. The third kappa shape index (κ3) is 5.52. The van der Waals surface area contributed by atoms with Crippen LogP contribution in [0.2, 0.25) is 0 Å². The molecule has 0 spiro atoms. The van der Waals surface area contributed by atoms with Gasteiger partial charge in [-0.2, -0.15) is 0 Å². The highest BCUT2D eigenvalue weighted by Crippen LogP contribution is 2.42. The maximum atomic E-state index is 6.65. The SMILES string of the molecule is c1ccc(-c2ccc3c(c2)c2cc(-c4ccc5c(c4)c4ccccc4n5-c4ccccc4)ccc2n3-c2ccc(-c3ccc4oc5c(c4c3)c3ccccc3n5-c3ccccc3)cc2)cc1. The van der Waals surface area contributed by atoms with Crippen LogP contribution in [0, 0.1) is 0 Å². The van der Waals surface area contributed by atoms with Crippen LogP contribution in [0.4, 0.5) is 0 Å². The Kier molecular flexibility index (Phi) is 7.95. The van der Waals surface area contributed by atoms with E-state index in [2.05, 4.69) is 250 Å². The van der Waals surface area contributed by atoms with Crippen molar-refractivity contribution in [2.24, 2.45) is 0 Å². The molecule has 0 N–H and O–H groups in total. The van der Waals surface area contributed by atoms with Gasteiger partial charge in [-0.05, 0) is 130 Å². The van der Waals surface area contributed by atoms with Crippen molar-refractivity contribution in [1.29, 1.82) is 0 Å². The molecule has 0 radical (unpaired) electrons. The Morgan fingerprint density at radius 2 is 0.621 bits per heavy atom. The molecule has 14 aromatic rings. The van der Waals surface area contributed by atoms with Gasteiger partial charge in [-0.15, -0.1) is 0 Å². The highest BCUT2D eigenvalue weighted by molar-refractivity contribution is 6.20. The zero-order valence-corrected chi connectivity index (χ0v) is 35.8. The molecule has 308 valence electrons. The van der Waals surface area contributed by atoms with Crippen molar-refractivity contribution in [2.45, 2.75) is 0 Å². The van der Waals surface area contributed by atoms with Crippen molar-refractivity contribution in [3.05, 3.63) is 237 Å². The van der Waals surface area contributed by atoms with Crippen LogP contribution in [0.15, 0.2) is 241 Å². The molecule has 0 fully saturated rings. The number of aromatic nitrogens is 3. The molecule has 4 heteroatoms. The van der Waals surface area contributed by atoms with Gasteiger partial charge in [0, 0.05) is 49.4 Å². The van der Waals surface area contributed by atoms with Crippen LogP contribution in [0.1, 0.15) is 0 Å². The first kappa shape index (κ1) is 36.6. The molecule has 0 bridgehead atoms. The van der Waals surface area contributed by atoms with Gasteiger partial charge < -0.3 is 13.6 Å². The summed E-state index contributed by atoms with van der Waals surface area (Å²) in [6.45, 7) is 0. The predicted molar refractivity (Wildman–Crippen MR) is 276 cm³/mol. The number of rotatable bonds is 6. The Morgan fingerprint density at radius 3 is 1.21 bits per heavy atom. The van der Waals surface area contributed by atoms with Gasteiger partial charge in [-0.3, -0.25) is 4.57 Å². The van der Waals surface area contributed by atoms with E-state index in [9.17, 15) is 0 Å². The third-order valence-electron chi connectivity index (χ3n) is 13.7. The van der Waals surface area contributed by atoms with Gasteiger partial charge >= 0.3 is 0 Å². The lowest BCUT2D eigenvalue weighted by atomic mass is 9.99. The minimum atomic E-state index is 0.867. The summed E-state index contributed by atoms with van der Waals surface area (Å²) in [5.41, 5.74) is 18.1. The quantitative estimate of drug-likeness (QED) is 0.164. The van der Waals surface area contributed by atoms with Crippen molar-refractivity contribution in [1.82, 2.24) is 13.7 Å². The standard InChI is InChI=1S/C62H39N3O/c1-4-14-40(15-5-1)42-26-32-58-52(36-42)53-38-45(44-27-33-57-51(37-44)49-20-10-12-22-55(49)63(57)46-16-6-2-7-17-46)28-34-59(53)64(58)48-30-24-41(25-31-48)43-29-35-60-54(39-43)61-50-21-11-13-23-56(50)65(62(61)66-60)47-18-8-3-9-19-47/h1-39H. The van der Waals surface area contributed by atoms with Crippen molar-refractivity contribution in [3.63, 3.8) is 0 Å². The Balaban J connectivity index is 0.900. The second-order valence-corrected chi connectivity index (χ2v) is 17.3. The molecule has 0 saturated heterocycles. The Labute approximate surface area is 380 Å². The highest BCUT2D eigenvalue weighted by Gasteiger charge is 2.21. The average molecular weight is 842 g/mol. The summed E-state index contributed by atoms with van der Waals surface area (Å²) in [4.78, 5) is 0. The maximum absolute atomic E-state index is 6.65. The molecular formula is C62H39N3O. The van der Waals surface area contributed by atoms with E-state index >= 15 is 0 Å². The lowest BCUT2D eigenvalue weighted by Gasteiger charge is -2.11. The molecular weight excluding hydrogens is 803 g/mol. The molecule has 10 aromatic carbocycles. The molecule has 0 aliphatic rings. The first-order valence-electron chi connectivity index (χ1n) is 22.6. The fourth-order valence-corrected chi connectivity index (χ4v) is 10.6. The van der Waals surface area contributed by atoms with E-state index in [1.54, 1.807) is 0 Å². The summed E-state index contributed by atoms with van der Waals surface area (Å²) in [5.74, 6) is 0. The van der Waals surface area contributed by atoms with Crippen LogP contribution in [0.3, 0.4) is 0 Å². The minimum Gasteiger partial charge on any atom is -0.439 e. The van der Waals surface area contributed by atoms with Gasteiger partial charge in [-0.25, -0.2) is 0 Å². The summed E-state index contributed by atoms with van der Waals surface area (Å²) in [5, 5.41) is 8.39. The smallest absolute Gasteiger partial charge is 0.213 e. The van der Waals surface area contributed by atoms with Gasteiger partial charge in [0.25, 0.3) is 0 Å². The van der Waals surface area contributed by atoms with E-state index in [-0.39, 0.29) is 0 Å². The lowest BCUT2D eigenvalue weighted by molar-refractivity contribution is 0.645. The Hall–Kier alpha value is -8.86. The second-order valence-electron chi connectivity index (χ2n) is 17.3. The normalized spacial score (nSPS) is 11.9. The Morgan fingerprint density at radius 1 is 0.242 bits per heavy atom. The van der Waals surface area contributed by atoms with Crippen LogP contribution >= 0.6 is 0 Å². The topological polar surface area (TPSA) is 27.9 Å². The molecule has 4 heterocycles. The number of hydrogen-bond donors (Lipinski definition) is 0. The van der Waals surface area contributed by atoms with Crippen LogP contribution in [0.25, 0.3) is 127 Å². The molecule has 0 aliphatic heterocycles. The predicted octanol–water partition coefficient (Wildman–Crippen LogP) is 16.7. The molecule has 66 heavy (non-hydrogen) atoms. The van der Waals surface area contributed by atoms with Crippen LogP contribution < -0.4 is 0 Å². The van der Waals surface area contributed by atoms with E-state index in [4.69, 9.17) is 4.42 Å². The largest absolute Gasteiger partial charge is 0.439 e. The fraction of sp³-hybridized carbons (Fsp3) is 0. The summed E-state index contributed by atoms with van der Waals surface area (Å²) in [6, 6.07) is 85.7. The van der Waals surface area contributed by atoms with Crippen molar-refractivity contribution in [3.8, 4) is 50.4 Å². The summed E-state index contributed by atoms with van der Waals surface area (Å²) >= 11 is 0. The molecule has 0 saturated carbocycles. The monoisotopic (exact) mass is 841 g/mol. The van der Waals surface area contributed by atoms with Crippen molar-refractivity contribution < 1.29 is 4.42 Å². The number of fused-ring (bicyclic) bond motifs is 11. The van der Waals surface area contributed by atoms with E-state index in [0.29, 0.717) is 0 Å². The molecule has 0 unspecified atom stereocenters. The van der Waals surface area contributed by atoms with E-state index in [1.807, 2.05) is 0 Å². The molecule has 14 rings (SSSR count). The molecule has 0 amide bonds. The van der Waals surface area contributed by atoms with E-state index in [1.165, 1.54) is 71.3 Å². The van der Waals surface area contributed by atoms with Crippen LogP contribution in [0.5, 0.6) is 0 Å². The zero-order valence-electron chi connectivity index (χ0n) is 35.8. The van der Waals surface area contributed by atoms with Gasteiger partial charge in [0.2, 0.25) is 5.71 Å². The maximum Gasteiger partial charge on any atom is 0.213 e. The summed E-state index contributed by atoms with van der Waals surface area (Å²) in [6.07, 6.45) is 0. The van der Waals surface area contributed by atoms with E-state index in [0.717, 1.165) is 55.8 Å². The second kappa shape index (κ2) is 14.3. The van der Waals surface area contributed by atoms with Crippen LogP contribution in [-0.4, -0.2) is 13.7 Å². The third-order valence-corrected chi connectivity index (χ3v) is 13.7. The zero-order chi connectivity index (χ0) is 43.3. The molecule has 0 atom stereocenters. The van der Waals surface area contributed by atoms with Gasteiger partial charge in [0.1, 0.15) is 5.58 Å². The number of furan rings is 1. The van der Waals surface area contributed by atoms with Gasteiger partial charge in [0.05, 0.1) is 33.0 Å². The Bertz CT molecular complexity index is 4190. The summed E-state index contributed by atoms with van der Waals surface area (Å²) in [7, 11) is 0. The minimum absolute atomic E-state index is 0.867. The molecule has 0 aliphatic carbocycles. The van der Waals surface area contributed by atoms with Crippen molar-refractivity contribution >= 4 is 76.6 Å². The number of hydrogen-bond acceptors (Lipinski definition) is 1. The number of benzene rings is 10. The average Bonchev–Trinajstić information content (AvgIpc) is 4.12. The summed E-state index contributed by atoms with van der Waals surface area (Å²) < 4.78 is 13.7. The van der Waals surface area contributed by atoms with Crippen LogP contribution in [-0.2, 0) is 0 Å².